The number of nitrogens with zero attached hydrogens (tertiary/aromatic N) is 4. The molecule has 9 rings (SSSR count). The van der Waals surface area contributed by atoms with Gasteiger partial charge in [-0.1, -0.05) is 87.0 Å². The third-order valence-electron chi connectivity index (χ3n) is 22.6. The summed E-state index contributed by atoms with van der Waals surface area (Å²) in [5, 5.41) is 56.4. The number of nitrogens with one attached hydrogen (secondary N) is 18. The molecule has 0 bridgehead atoms. The Morgan fingerprint density at radius 1 is 0.542 bits per heavy atom. The van der Waals surface area contributed by atoms with Crippen LogP contribution >= 0.6 is 11.8 Å². The smallest absolute Gasteiger partial charge is 0.247 e. The molecule has 45 heteroatoms. The van der Waals surface area contributed by atoms with Gasteiger partial charge in [-0.05, 0) is 93.5 Å². The number of imidazole rings is 1. The number of H-pyrrole nitrogens is 3. The number of hydrogen-bond acceptors (Lipinski definition) is 22. The first-order chi connectivity index (χ1) is 62.4. The molecule has 706 valence electrons. The number of aliphatic hydroxyl groups is 1. The van der Waals surface area contributed by atoms with Crippen LogP contribution in [0.25, 0.3) is 21.8 Å². The molecule has 13 atom stereocenters. The molecule has 3 aromatic carbocycles. The largest absolute Gasteiger partial charge is 0.394 e. The van der Waals surface area contributed by atoms with Gasteiger partial charge >= 0.3 is 0 Å². The van der Waals surface area contributed by atoms with Gasteiger partial charge in [-0.25, -0.2) is 4.98 Å². The Bertz CT molecular complexity index is 5120. The number of benzene rings is 3. The molecule has 0 spiro atoms. The first-order valence-electron chi connectivity index (χ1n) is 43.1. The lowest BCUT2D eigenvalue weighted by Gasteiger charge is -2.32. The number of para-hydroxylation sites is 2. The number of aromatic nitrogens is 4. The molecule has 6 aromatic rings. The van der Waals surface area contributed by atoms with Crippen LogP contribution in [0, 0.1) is 17.2 Å². The summed E-state index contributed by atoms with van der Waals surface area (Å²) in [7, 11) is 2.45. The van der Waals surface area contributed by atoms with E-state index in [1.807, 2.05) is 0 Å². The number of guanidine groups is 1. The molecule has 2 saturated heterocycles. The van der Waals surface area contributed by atoms with E-state index in [-0.39, 0.29) is 76.8 Å². The molecule has 44 nitrogen and oxygen atoms in total. The molecule has 3 aliphatic rings. The van der Waals surface area contributed by atoms with E-state index in [2.05, 4.69) is 94.4 Å². The number of aromatic amines is 3. The molecule has 3 fully saturated rings. The van der Waals surface area contributed by atoms with Gasteiger partial charge in [-0.2, -0.15) is 0 Å². The van der Waals surface area contributed by atoms with Crippen LogP contribution < -0.4 is 91.6 Å². The van der Waals surface area contributed by atoms with Gasteiger partial charge in [0, 0.05) is 117 Å². The number of amides is 18. The van der Waals surface area contributed by atoms with E-state index in [4.69, 9.17) is 22.6 Å². The lowest BCUT2D eigenvalue weighted by atomic mass is 9.85. The number of carbonyl (C=O) groups excluding carboxylic acids is 18. The maximum absolute atomic E-state index is 15.3. The maximum Gasteiger partial charge on any atom is 0.247 e. The Balaban J connectivity index is 1.06. The van der Waals surface area contributed by atoms with Gasteiger partial charge in [0.2, 0.25) is 106 Å². The molecular formula is C86H117N25O19S. The average Bonchev–Trinajstić information content (AvgIpc) is 1.67. The molecule has 18 amide bonds. The predicted octanol–water partition coefficient (Wildman–Crippen LogP) is -5.27. The number of likely N-dealkylation sites (N-methyl/N-ethyl adjacent to an activating group) is 2. The molecule has 0 radical (unpaired) electrons. The van der Waals surface area contributed by atoms with Crippen molar-refractivity contribution in [2.24, 2.45) is 29.0 Å². The zero-order chi connectivity index (χ0) is 95.3. The zero-order valence-corrected chi connectivity index (χ0v) is 74.4. The molecule has 0 unspecified atom stereocenters. The number of carbonyl (C=O) groups is 18. The van der Waals surface area contributed by atoms with E-state index in [1.165, 1.54) is 40.5 Å². The summed E-state index contributed by atoms with van der Waals surface area (Å²) in [5.41, 5.74) is 19.7. The molecule has 2 aliphatic heterocycles. The molecule has 1 saturated carbocycles. The van der Waals surface area contributed by atoms with Crippen LogP contribution in [0.3, 0.4) is 0 Å². The fourth-order valence-corrected chi connectivity index (χ4v) is 16.0. The van der Waals surface area contributed by atoms with Crippen LogP contribution in [-0.4, -0.2) is 296 Å². The average molecular weight is 1840 g/mol. The number of nitrogens with two attached hydrogens (primary N) is 3. The first kappa shape index (κ1) is 101. The van der Waals surface area contributed by atoms with Gasteiger partial charge in [0.25, 0.3) is 0 Å². The van der Waals surface area contributed by atoms with Gasteiger partial charge in [-0.15, -0.1) is 11.8 Å². The highest BCUT2D eigenvalue weighted by molar-refractivity contribution is 8.00. The zero-order valence-electron chi connectivity index (χ0n) is 73.5. The second-order valence-electron chi connectivity index (χ2n) is 33.1. The summed E-state index contributed by atoms with van der Waals surface area (Å²) in [6.45, 7) is 2.67. The SMILES string of the molecule is CC(C)C[C@@H]1NC(=O)[C@H](Cc2cnc[nH]2)NC(=O)[C@@H]2CCCN2C(=O)[C@H](CC(N)=O)NC(=O)[C@H](C)NC(=O)[C@H](Cc2ccccc2)NC(=O)CSC[C@@H](C(=O)NCC(N)=O)NC(=O)[C@H](CCCNC(=N)N)NC(=O)[C@H](C)N(C)C(=O)[C@H](CNC(=O)C2CCC2)NC(=O)[C@H](Cc2c[nH]c3ccccc23)NC(=O)[C@H](CO)NC(=O)[C@H](Cc2c[nH]c3ccccc23)NC(=O)CN(C)C1=O. The standard InChI is InChI=1S/C86H117N25O19S/c1-45(2)29-62-83(128)109(5)40-70(115)99-59(31-50-35-93-55-23-12-10-21-53(50)55)78(123)107-65(41-112)81(126)102-60(32-51-36-94-56-24-13-11-22-54(51)56)79(124)106-64(38-95-74(119)49-19-14-20-49)84(129)110(6)47(4)73(118)101-57(25-15-27-92-86(89)90)76(121)108-66(75(120)96-39-69(88)114)42-131-43-71(116)100-58(30-48-17-8-7-9-18-48)77(122)98-46(3)72(117)104-63(34-68(87)113)85(130)111-28-16-26-67(111)82(127)103-61(80(125)105-62)33-52-37-91-44-97-52/h7-13,17-18,21-24,35-37,44-47,49,57-67,93-94,112H,14-16,19-20,25-34,38-43H2,1-6H3,(H2,87,113)(H2,88,114)(H,91,97)(H,95,119)(H,96,120)(H,98,122)(H,99,115)(H,100,116)(H,101,118)(H,102,126)(H,103,127)(H,104,117)(H,105,125)(H,106,124)(H,107,123)(H,108,121)(H4,89,90,92)/t46-,47-,57-,58-,59-,60-,61-,62-,63-,64-,65-,66-,67-/m0/s1. The van der Waals surface area contributed by atoms with Crippen molar-refractivity contribution < 1.29 is 91.4 Å². The molecular weight excluding hydrogens is 1720 g/mol. The Morgan fingerprint density at radius 3 is 1.69 bits per heavy atom. The predicted molar refractivity (Wildman–Crippen MR) is 477 cm³/mol. The Labute approximate surface area is 758 Å². The highest BCUT2D eigenvalue weighted by Gasteiger charge is 2.43. The summed E-state index contributed by atoms with van der Waals surface area (Å²) in [6.07, 6.45) is 5.65. The lowest BCUT2D eigenvalue weighted by Crippen LogP contribution is -2.62. The maximum atomic E-state index is 15.3. The van der Waals surface area contributed by atoms with Crippen LogP contribution in [0.5, 0.6) is 0 Å². The quantitative estimate of drug-likeness (QED) is 0.0162. The normalized spacial score (nSPS) is 24.0. The lowest BCUT2D eigenvalue weighted by molar-refractivity contribution is -0.143. The fraction of sp³-hybridized carbons (Fsp3) is 0.488. The molecule has 3 aromatic heterocycles. The summed E-state index contributed by atoms with van der Waals surface area (Å²) in [6, 6.07) is 1.50. The van der Waals surface area contributed by atoms with Crippen molar-refractivity contribution in [1.82, 2.24) is 109 Å². The summed E-state index contributed by atoms with van der Waals surface area (Å²) < 4.78 is 0. The topological polar surface area (TPSA) is 668 Å². The minimum absolute atomic E-state index is 0.00469. The Hall–Kier alpha value is -14.0. The number of hydrogen-bond donors (Lipinski definition) is 22. The van der Waals surface area contributed by atoms with Gasteiger partial charge < -0.3 is 126 Å². The highest BCUT2D eigenvalue weighted by atomic mass is 32.2. The molecule has 1 aliphatic carbocycles. The third-order valence-corrected chi connectivity index (χ3v) is 23.7. The van der Waals surface area contributed by atoms with Crippen molar-refractivity contribution in [1.29, 1.82) is 5.41 Å². The second kappa shape index (κ2) is 48.4. The van der Waals surface area contributed by atoms with Crippen molar-refractivity contribution >= 4 is 146 Å². The van der Waals surface area contributed by atoms with Crippen LogP contribution in [0.1, 0.15) is 108 Å². The second-order valence-corrected chi connectivity index (χ2v) is 34.1. The van der Waals surface area contributed by atoms with Crippen molar-refractivity contribution in [3.63, 3.8) is 0 Å². The summed E-state index contributed by atoms with van der Waals surface area (Å²) >= 11 is 0.756. The van der Waals surface area contributed by atoms with Gasteiger partial charge in [-0.3, -0.25) is 91.7 Å². The number of thioether (sulfide) groups is 1. The Kier molecular flexibility index (Phi) is 37.2. The highest BCUT2D eigenvalue weighted by Crippen LogP contribution is 2.27. The van der Waals surface area contributed by atoms with Crippen molar-refractivity contribution in [2.75, 3.05) is 64.9 Å². The monoisotopic (exact) mass is 1840 g/mol. The molecule has 131 heavy (non-hydrogen) atoms. The number of aliphatic hydroxyl groups excluding tert-OH is 1. The van der Waals surface area contributed by atoms with Gasteiger partial charge in [0.05, 0.1) is 38.2 Å². The van der Waals surface area contributed by atoms with E-state index < -0.39 is 241 Å². The van der Waals surface area contributed by atoms with Crippen molar-refractivity contribution in [2.45, 2.75) is 190 Å². The van der Waals surface area contributed by atoms with E-state index in [9.17, 15) is 77.0 Å². The Morgan fingerprint density at radius 2 is 1.09 bits per heavy atom. The summed E-state index contributed by atoms with van der Waals surface area (Å²) in [4.78, 5) is 275. The van der Waals surface area contributed by atoms with Crippen molar-refractivity contribution in [3.8, 4) is 0 Å². The van der Waals surface area contributed by atoms with E-state index in [0.717, 1.165) is 32.9 Å². The third kappa shape index (κ3) is 29.5. The number of primary amides is 2. The van der Waals surface area contributed by atoms with Crippen LogP contribution in [0.15, 0.2) is 104 Å². The first-order valence-corrected chi connectivity index (χ1v) is 44.2. The summed E-state index contributed by atoms with van der Waals surface area (Å²) in [5.74, 6) is -19.3. The van der Waals surface area contributed by atoms with E-state index in [1.54, 1.807) is 105 Å². The number of rotatable bonds is 23. The van der Waals surface area contributed by atoms with Crippen molar-refractivity contribution in [3.05, 3.63) is 126 Å². The number of fused-ring (bicyclic) bond motifs is 3. The van der Waals surface area contributed by atoms with Crippen LogP contribution in [0.4, 0.5) is 0 Å². The minimum atomic E-state index is -1.91. The fourth-order valence-electron chi connectivity index (χ4n) is 15.1. The molecule has 25 N–H and O–H groups in total. The van der Waals surface area contributed by atoms with Crippen LogP contribution in [-0.2, 0) is 112 Å². The minimum Gasteiger partial charge on any atom is -0.394 e. The van der Waals surface area contributed by atoms with E-state index in [0.29, 0.717) is 57.0 Å². The van der Waals surface area contributed by atoms with Crippen LogP contribution in [0.2, 0.25) is 0 Å². The molecule has 5 heterocycles. The van der Waals surface area contributed by atoms with E-state index >= 15 is 14.4 Å². The van der Waals surface area contributed by atoms with Gasteiger partial charge in [0.15, 0.2) is 5.96 Å². The van der Waals surface area contributed by atoms with Gasteiger partial charge in [0.1, 0.15) is 78.5 Å².